The fourth-order valence-electron chi connectivity index (χ4n) is 2.00. The average molecular weight is 277 g/mol. The smallest absolute Gasteiger partial charge is 0.255 e. The van der Waals surface area contributed by atoms with E-state index < -0.39 is 13.0 Å². The number of para-hydroxylation sites is 1. The van der Waals surface area contributed by atoms with Crippen molar-refractivity contribution >= 4 is 16.7 Å². The van der Waals surface area contributed by atoms with E-state index in [4.69, 9.17) is 10.4 Å². The zero-order valence-electron chi connectivity index (χ0n) is 10.6. The first kappa shape index (κ1) is 14.2. The first-order valence-electron chi connectivity index (χ1n) is 6.09. The van der Waals surface area contributed by atoms with Gasteiger partial charge in [0.15, 0.2) is 0 Å². The summed E-state index contributed by atoms with van der Waals surface area (Å²) < 4.78 is 25.2. The van der Waals surface area contributed by atoms with Crippen LogP contribution in [-0.2, 0) is 0 Å². The number of benzene rings is 1. The number of aliphatic hydroxyl groups excluding tert-OH is 1. The molecule has 0 fully saturated rings. The Balaban J connectivity index is 2.51. The third-order valence-corrected chi connectivity index (χ3v) is 2.85. The van der Waals surface area contributed by atoms with Crippen LogP contribution in [-0.4, -0.2) is 36.2 Å². The highest BCUT2D eigenvalue weighted by Crippen LogP contribution is 2.23. The highest BCUT2D eigenvalue weighted by molar-refractivity contribution is 5.83. The van der Waals surface area contributed by atoms with E-state index >= 15 is 0 Å². The minimum atomic E-state index is -2.57. The van der Waals surface area contributed by atoms with Crippen LogP contribution in [0.3, 0.4) is 0 Å². The Kier molecular flexibility index (Phi) is 4.43. The molecule has 0 atom stereocenters. The maximum atomic E-state index is 12.6. The van der Waals surface area contributed by atoms with Crippen LogP contribution < -0.4 is 4.90 Å². The van der Waals surface area contributed by atoms with Crippen molar-refractivity contribution < 1.29 is 13.9 Å². The van der Waals surface area contributed by atoms with Crippen molar-refractivity contribution in [3.63, 3.8) is 0 Å². The van der Waals surface area contributed by atoms with E-state index in [1.165, 1.54) is 4.90 Å². The molecule has 0 aliphatic heterocycles. The summed E-state index contributed by atoms with van der Waals surface area (Å²) in [6, 6.07) is 10.7. The first-order valence-corrected chi connectivity index (χ1v) is 6.09. The lowest BCUT2D eigenvalue weighted by Gasteiger charge is -2.23. The van der Waals surface area contributed by atoms with E-state index in [1.807, 2.05) is 12.1 Å². The second kappa shape index (κ2) is 6.26. The maximum Gasteiger partial charge on any atom is 0.255 e. The molecule has 2 aromatic rings. The summed E-state index contributed by atoms with van der Waals surface area (Å²) >= 11 is 0. The van der Waals surface area contributed by atoms with Crippen LogP contribution in [0.15, 0.2) is 30.3 Å². The lowest BCUT2D eigenvalue weighted by Crippen LogP contribution is -2.33. The van der Waals surface area contributed by atoms with Crippen molar-refractivity contribution in [1.82, 2.24) is 4.98 Å². The van der Waals surface area contributed by atoms with Crippen LogP contribution >= 0.6 is 0 Å². The number of fused-ring (bicyclic) bond motifs is 1. The molecule has 1 N–H and O–H groups in total. The second-order valence-electron chi connectivity index (χ2n) is 4.22. The Morgan fingerprint density at radius 3 is 2.75 bits per heavy atom. The van der Waals surface area contributed by atoms with Crippen molar-refractivity contribution in [3.05, 3.63) is 35.9 Å². The molecule has 2 rings (SSSR count). The Hall–Kier alpha value is -2.26. The monoisotopic (exact) mass is 277 g/mol. The van der Waals surface area contributed by atoms with Gasteiger partial charge in [-0.15, -0.1) is 0 Å². The van der Waals surface area contributed by atoms with Gasteiger partial charge >= 0.3 is 0 Å². The number of pyridine rings is 1. The molecule has 1 aromatic heterocycles. The van der Waals surface area contributed by atoms with E-state index in [9.17, 15) is 8.78 Å². The number of halogens is 2. The predicted octanol–water partition coefficient (Wildman–Crippen LogP) is 2.17. The normalized spacial score (nSPS) is 10.8. The van der Waals surface area contributed by atoms with Gasteiger partial charge in [0, 0.05) is 11.9 Å². The lowest BCUT2D eigenvalue weighted by atomic mass is 10.1. The summed E-state index contributed by atoms with van der Waals surface area (Å²) in [5, 5.41) is 18.9. The van der Waals surface area contributed by atoms with E-state index in [0.717, 1.165) is 5.39 Å². The van der Waals surface area contributed by atoms with Gasteiger partial charge in [0.25, 0.3) is 6.43 Å². The zero-order chi connectivity index (χ0) is 14.5. The summed E-state index contributed by atoms with van der Waals surface area (Å²) in [5.41, 5.74) is 0.844. The van der Waals surface area contributed by atoms with E-state index in [1.54, 1.807) is 24.3 Å². The van der Waals surface area contributed by atoms with E-state index in [0.29, 0.717) is 5.52 Å². The number of alkyl halides is 2. The topological polar surface area (TPSA) is 60.2 Å². The molecule has 0 spiro atoms. The van der Waals surface area contributed by atoms with Gasteiger partial charge in [0.1, 0.15) is 11.9 Å². The van der Waals surface area contributed by atoms with Gasteiger partial charge in [-0.25, -0.2) is 13.8 Å². The summed E-state index contributed by atoms with van der Waals surface area (Å²) in [4.78, 5) is 5.51. The SMILES string of the molecule is N#Cc1cc2ccccc2nc1N(CCO)CC(F)F. The molecule has 0 unspecified atom stereocenters. The highest BCUT2D eigenvalue weighted by Gasteiger charge is 2.18. The molecular formula is C14H13F2N3O. The minimum absolute atomic E-state index is 0.00433. The van der Waals surface area contributed by atoms with Gasteiger partial charge in [-0.1, -0.05) is 18.2 Å². The number of nitrogens with zero attached hydrogens (tertiary/aromatic N) is 3. The molecule has 0 saturated carbocycles. The summed E-state index contributed by atoms with van der Waals surface area (Å²) in [5.74, 6) is 0.181. The molecular weight excluding hydrogens is 264 g/mol. The largest absolute Gasteiger partial charge is 0.395 e. The van der Waals surface area contributed by atoms with Gasteiger partial charge in [-0.05, 0) is 12.1 Å². The number of hydrogen-bond donors (Lipinski definition) is 1. The molecule has 1 aromatic carbocycles. The number of hydrogen-bond acceptors (Lipinski definition) is 4. The Morgan fingerprint density at radius 2 is 2.10 bits per heavy atom. The maximum absolute atomic E-state index is 12.6. The molecule has 0 saturated heterocycles. The Bertz CT molecular complexity index is 640. The minimum Gasteiger partial charge on any atom is -0.395 e. The third kappa shape index (κ3) is 3.00. The molecule has 6 heteroatoms. The number of aliphatic hydroxyl groups is 1. The molecule has 4 nitrogen and oxygen atoms in total. The number of nitriles is 1. The fraction of sp³-hybridized carbons (Fsp3) is 0.286. The fourth-order valence-corrected chi connectivity index (χ4v) is 2.00. The zero-order valence-corrected chi connectivity index (χ0v) is 10.6. The van der Waals surface area contributed by atoms with Gasteiger partial charge in [0.05, 0.1) is 24.2 Å². The summed E-state index contributed by atoms with van der Waals surface area (Å²) in [7, 11) is 0. The van der Waals surface area contributed by atoms with E-state index in [-0.39, 0.29) is 24.5 Å². The van der Waals surface area contributed by atoms with Crippen molar-refractivity contribution in [3.8, 4) is 6.07 Å². The number of rotatable bonds is 5. The molecule has 0 amide bonds. The highest BCUT2D eigenvalue weighted by atomic mass is 19.3. The van der Waals surface area contributed by atoms with Crippen molar-refractivity contribution in [1.29, 1.82) is 5.26 Å². The van der Waals surface area contributed by atoms with Crippen molar-refractivity contribution in [2.75, 3.05) is 24.6 Å². The predicted molar refractivity (Wildman–Crippen MR) is 71.8 cm³/mol. The van der Waals surface area contributed by atoms with Gasteiger partial charge < -0.3 is 10.0 Å². The third-order valence-electron chi connectivity index (χ3n) is 2.85. The quantitative estimate of drug-likeness (QED) is 0.910. The number of anilines is 1. The summed E-state index contributed by atoms with van der Waals surface area (Å²) in [6.07, 6.45) is -2.57. The molecule has 1 heterocycles. The standard InChI is InChI=1S/C14H13F2N3O/c15-13(16)9-19(5-6-20)14-11(8-17)7-10-3-1-2-4-12(10)18-14/h1-4,7,13,20H,5-6,9H2. The Morgan fingerprint density at radius 1 is 1.35 bits per heavy atom. The van der Waals surface area contributed by atoms with Crippen LogP contribution in [0.4, 0.5) is 14.6 Å². The van der Waals surface area contributed by atoms with Gasteiger partial charge in [-0.2, -0.15) is 5.26 Å². The first-order chi connectivity index (χ1) is 9.65. The molecule has 0 bridgehead atoms. The van der Waals surface area contributed by atoms with Crippen LogP contribution in [0.5, 0.6) is 0 Å². The van der Waals surface area contributed by atoms with Gasteiger partial charge in [-0.3, -0.25) is 0 Å². The van der Waals surface area contributed by atoms with Crippen LogP contribution in [0.25, 0.3) is 10.9 Å². The molecule has 104 valence electrons. The molecule has 20 heavy (non-hydrogen) atoms. The summed E-state index contributed by atoms with van der Waals surface area (Å²) in [6.45, 7) is -0.850. The van der Waals surface area contributed by atoms with Crippen LogP contribution in [0.2, 0.25) is 0 Å². The molecule has 0 aliphatic rings. The van der Waals surface area contributed by atoms with Crippen molar-refractivity contribution in [2.24, 2.45) is 0 Å². The molecule has 0 aliphatic carbocycles. The lowest BCUT2D eigenvalue weighted by molar-refractivity contribution is 0.152. The van der Waals surface area contributed by atoms with Crippen LogP contribution in [0, 0.1) is 11.3 Å². The van der Waals surface area contributed by atoms with Gasteiger partial charge in [0.2, 0.25) is 0 Å². The van der Waals surface area contributed by atoms with E-state index in [2.05, 4.69) is 4.98 Å². The van der Waals surface area contributed by atoms with Crippen LogP contribution in [0.1, 0.15) is 5.56 Å². The number of aromatic nitrogens is 1. The second-order valence-corrected chi connectivity index (χ2v) is 4.22. The van der Waals surface area contributed by atoms with Crippen molar-refractivity contribution in [2.45, 2.75) is 6.43 Å². The molecule has 0 radical (unpaired) electrons. The Labute approximate surface area is 114 Å². The average Bonchev–Trinajstić information content (AvgIpc) is 2.45.